The van der Waals surface area contributed by atoms with Crippen LogP contribution in [0.1, 0.15) is 5.56 Å². The van der Waals surface area contributed by atoms with Gasteiger partial charge in [0.1, 0.15) is 16.4 Å². The molecule has 0 saturated heterocycles. The number of rotatable bonds is 0. The SMILES string of the molecule is N#Cc1c2ccccc2c(=N)n2c1sc1ccccc12. The van der Waals surface area contributed by atoms with Gasteiger partial charge in [-0.05, 0) is 12.1 Å². The monoisotopic (exact) mass is 275 g/mol. The standard InChI is InChI=1S/C16H9N3S/c17-9-12-10-5-1-2-6-11(10)15(18)19-13-7-3-4-8-14(13)20-16(12)19/h1-8,18H. The molecule has 4 heteroatoms. The van der Waals surface area contributed by atoms with Crippen LogP contribution in [-0.4, -0.2) is 4.40 Å². The first-order valence-corrected chi connectivity index (χ1v) is 7.02. The van der Waals surface area contributed by atoms with E-state index in [1.165, 1.54) is 0 Å². The summed E-state index contributed by atoms with van der Waals surface area (Å²) >= 11 is 1.56. The minimum Gasteiger partial charge on any atom is -0.284 e. The van der Waals surface area contributed by atoms with Crippen LogP contribution in [0.4, 0.5) is 0 Å². The van der Waals surface area contributed by atoms with Crippen LogP contribution in [0, 0.1) is 16.7 Å². The first kappa shape index (κ1) is 11.2. The summed E-state index contributed by atoms with van der Waals surface area (Å²) in [5.74, 6) is 0. The number of thiazole rings is 1. The number of nitrogens with one attached hydrogen (secondary N) is 1. The molecule has 4 aromatic rings. The van der Waals surface area contributed by atoms with Crippen LogP contribution >= 0.6 is 11.3 Å². The molecule has 0 radical (unpaired) electrons. The van der Waals surface area contributed by atoms with Crippen LogP contribution < -0.4 is 5.49 Å². The second-order valence-electron chi connectivity index (χ2n) is 4.59. The Morgan fingerprint density at radius 2 is 1.70 bits per heavy atom. The van der Waals surface area contributed by atoms with Crippen LogP contribution in [0.15, 0.2) is 48.5 Å². The number of benzene rings is 2. The largest absolute Gasteiger partial charge is 0.284 e. The quantitative estimate of drug-likeness (QED) is 0.523. The van der Waals surface area contributed by atoms with Crippen molar-refractivity contribution in [3.05, 3.63) is 59.6 Å². The van der Waals surface area contributed by atoms with Gasteiger partial charge in [0.2, 0.25) is 0 Å². The summed E-state index contributed by atoms with van der Waals surface area (Å²) in [4.78, 5) is 0.845. The predicted molar refractivity (Wildman–Crippen MR) is 80.9 cm³/mol. The van der Waals surface area contributed by atoms with Gasteiger partial charge in [0, 0.05) is 10.8 Å². The summed E-state index contributed by atoms with van der Waals surface area (Å²) in [5, 5.41) is 19.7. The molecule has 0 unspecified atom stereocenters. The van der Waals surface area contributed by atoms with Crippen LogP contribution in [0.3, 0.4) is 0 Å². The van der Waals surface area contributed by atoms with E-state index in [0.717, 1.165) is 25.8 Å². The lowest BCUT2D eigenvalue weighted by molar-refractivity contribution is 1.08. The maximum atomic E-state index is 9.53. The van der Waals surface area contributed by atoms with Crippen molar-refractivity contribution < 1.29 is 0 Å². The predicted octanol–water partition coefficient (Wildman–Crippen LogP) is 3.66. The number of hydrogen-bond donors (Lipinski definition) is 1. The lowest BCUT2D eigenvalue weighted by Crippen LogP contribution is -2.13. The lowest BCUT2D eigenvalue weighted by Gasteiger charge is -2.04. The van der Waals surface area contributed by atoms with Gasteiger partial charge in [-0.2, -0.15) is 5.26 Å². The van der Waals surface area contributed by atoms with E-state index in [2.05, 4.69) is 6.07 Å². The average Bonchev–Trinajstić information content (AvgIpc) is 2.87. The number of pyridine rings is 1. The minimum absolute atomic E-state index is 0.437. The fraction of sp³-hybridized carbons (Fsp3) is 0. The van der Waals surface area contributed by atoms with Crippen molar-refractivity contribution in [3.63, 3.8) is 0 Å². The van der Waals surface area contributed by atoms with Crippen molar-refractivity contribution in [2.45, 2.75) is 0 Å². The van der Waals surface area contributed by atoms with Crippen molar-refractivity contribution in [1.29, 1.82) is 10.7 Å². The van der Waals surface area contributed by atoms with Gasteiger partial charge < -0.3 is 0 Å². The minimum atomic E-state index is 0.437. The highest BCUT2D eigenvalue weighted by Gasteiger charge is 2.13. The topological polar surface area (TPSA) is 52.0 Å². The summed E-state index contributed by atoms with van der Waals surface area (Å²) in [6.45, 7) is 0. The van der Waals surface area contributed by atoms with Crippen LogP contribution in [0.25, 0.3) is 25.8 Å². The molecule has 0 aliphatic carbocycles. The molecular weight excluding hydrogens is 266 g/mol. The van der Waals surface area contributed by atoms with Crippen LogP contribution in [0.2, 0.25) is 0 Å². The Balaban J connectivity index is 2.45. The zero-order valence-electron chi connectivity index (χ0n) is 10.4. The van der Waals surface area contributed by atoms with Crippen molar-refractivity contribution >= 4 is 37.2 Å². The summed E-state index contributed by atoms with van der Waals surface area (Å²) in [5.41, 5.74) is 2.07. The van der Waals surface area contributed by atoms with Gasteiger partial charge in [-0.25, -0.2) is 0 Å². The summed E-state index contributed by atoms with van der Waals surface area (Å²) in [6, 6.07) is 17.9. The fourth-order valence-electron chi connectivity index (χ4n) is 2.62. The van der Waals surface area contributed by atoms with Crippen molar-refractivity contribution in [1.82, 2.24) is 4.40 Å². The van der Waals surface area contributed by atoms with Gasteiger partial charge in [0.25, 0.3) is 0 Å². The molecule has 0 spiro atoms. The molecule has 4 rings (SSSR count). The maximum absolute atomic E-state index is 9.53. The van der Waals surface area contributed by atoms with E-state index in [-0.39, 0.29) is 0 Å². The smallest absolute Gasteiger partial charge is 0.138 e. The second-order valence-corrected chi connectivity index (χ2v) is 5.62. The van der Waals surface area contributed by atoms with E-state index in [0.29, 0.717) is 11.1 Å². The molecular formula is C16H9N3S. The Morgan fingerprint density at radius 3 is 2.50 bits per heavy atom. The van der Waals surface area contributed by atoms with Gasteiger partial charge >= 0.3 is 0 Å². The molecule has 0 aliphatic rings. The van der Waals surface area contributed by atoms with Gasteiger partial charge in [0.15, 0.2) is 0 Å². The number of nitriles is 1. The molecule has 0 amide bonds. The first-order valence-electron chi connectivity index (χ1n) is 6.21. The molecule has 2 aromatic heterocycles. The van der Waals surface area contributed by atoms with Gasteiger partial charge in [-0.15, -0.1) is 11.3 Å². The highest BCUT2D eigenvalue weighted by molar-refractivity contribution is 7.24. The third-order valence-corrected chi connectivity index (χ3v) is 4.66. The Bertz CT molecular complexity index is 1080. The van der Waals surface area contributed by atoms with Gasteiger partial charge in [-0.1, -0.05) is 36.4 Å². The van der Waals surface area contributed by atoms with Crippen LogP contribution in [-0.2, 0) is 0 Å². The molecule has 2 heterocycles. The van der Waals surface area contributed by atoms with E-state index in [9.17, 15) is 5.26 Å². The van der Waals surface area contributed by atoms with E-state index >= 15 is 0 Å². The number of fused-ring (bicyclic) bond motifs is 4. The Labute approximate surface area is 118 Å². The average molecular weight is 275 g/mol. The molecule has 0 bridgehead atoms. The number of hydrogen-bond acceptors (Lipinski definition) is 3. The molecule has 20 heavy (non-hydrogen) atoms. The third-order valence-electron chi connectivity index (χ3n) is 3.52. The molecule has 94 valence electrons. The zero-order valence-corrected chi connectivity index (χ0v) is 11.2. The summed E-state index contributed by atoms with van der Waals surface area (Å²) in [6.07, 6.45) is 0. The fourth-order valence-corrected chi connectivity index (χ4v) is 3.78. The molecule has 0 fully saturated rings. The van der Waals surface area contributed by atoms with E-state index in [4.69, 9.17) is 5.41 Å². The Kier molecular flexibility index (Phi) is 2.20. The Hall–Kier alpha value is -2.64. The van der Waals surface area contributed by atoms with E-state index in [1.807, 2.05) is 52.9 Å². The summed E-state index contributed by atoms with van der Waals surface area (Å²) in [7, 11) is 0. The molecule has 0 atom stereocenters. The maximum Gasteiger partial charge on any atom is 0.138 e. The molecule has 3 nitrogen and oxygen atoms in total. The number of nitrogens with zero attached hydrogens (tertiary/aromatic N) is 2. The van der Waals surface area contributed by atoms with Gasteiger partial charge in [0.05, 0.1) is 15.8 Å². The molecule has 0 saturated carbocycles. The third kappa shape index (κ3) is 1.30. The molecule has 0 aliphatic heterocycles. The van der Waals surface area contributed by atoms with Crippen molar-refractivity contribution in [3.8, 4) is 6.07 Å². The number of para-hydroxylation sites is 1. The lowest BCUT2D eigenvalue weighted by atomic mass is 10.1. The van der Waals surface area contributed by atoms with Gasteiger partial charge in [-0.3, -0.25) is 9.81 Å². The number of aromatic nitrogens is 1. The second kappa shape index (κ2) is 3.92. The Morgan fingerprint density at radius 1 is 1.00 bits per heavy atom. The van der Waals surface area contributed by atoms with Crippen LogP contribution in [0.5, 0.6) is 0 Å². The normalized spacial score (nSPS) is 11.2. The van der Waals surface area contributed by atoms with E-state index in [1.54, 1.807) is 11.3 Å². The molecule has 1 N–H and O–H groups in total. The van der Waals surface area contributed by atoms with Crippen molar-refractivity contribution in [2.24, 2.45) is 0 Å². The summed E-state index contributed by atoms with van der Waals surface area (Å²) < 4.78 is 2.97. The zero-order chi connectivity index (χ0) is 13.7. The van der Waals surface area contributed by atoms with E-state index < -0.39 is 0 Å². The first-order chi connectivity index (χ1) is 9.81. The highest BCUT2D eigenvalue weighted by atomic mass is 32.1. The highest BCUT2D eigenvalue weighted by Crippen LogP contribution is 2.30. The molecule has 2 aromatic carbocycles. The van der Waals surface area contributed by atoms with Crippen molar-refractivity contribution in [2.75, 3.05) is 0 Å².